The third kappa shape index (κ3) is 6.02. The highest BCUT2D eigenvalue weighted by atomic mass is 16.5. The Morgan fingerprint density at radius 2 is 1.76 bits per heavy atom. The van der Waals surface area contributed by atoms with E-state index in [2.05, 4.69) is 15.1 Å². The van der Waals surface area contributed by atoms with Crippen molar-refractivity contribution in [2.75, 3.05) is 32.8 Å². The quantitative estimate of drug-likeness (QED) is 0.285. The number of ether oxygens (including phenoxy) is 3. The highest BCUT2D eigenvalue weighted by Crippen LogP contribution is 2.36. The molecule has 214 valence electrons. The van der Waals surface area contributed by atoms with Crippen LogP contribution in [0.1, 0.15) is 39.4 Å². The number of carbonyl (C=O) groups is 1. The molecule has 1 aliphatic rings. The Balaban J connectivity index is 1.45. The molecule has 2 heterocycles. The molecule has 0 saturated heterocycles. The summed E-state index contributed by atoms with van der Waals surface area (Å²) in [6.45, 7) is 0. The van der Waals surface area contributed by atoms with Crippen LogP contribution in [0.25, 0.3) is 6.08 Å². The van der Waals surface area contributed by atoms with Gasteiger partial charge in [0.15, 0.2) is 11.5 Å². The third-order valence-corrected chi connectivity index (χ3v) is 7.07. The van der Waals surface area contributed by atoms with Crippen LogP contribution in [-0.4, -0.2) is 48.4 Å². The zero-order valence-electron chi connectivity index (χ0n) is 23.7. The Hall–Kier alpha value is -5.38. The molecule has 0 fully saturated rings. The maximum Gasteiger partial charge on any atom is 0.267 e. The number of nitrogen functional groups attached to an aromatic ring is 2. The summed E-state index contributed by atoms with van der Waals surface area (Å²) in [5.41, 5.74) is 17.0. The summed E-state index contributed by atoms with van der Waals surface area (Å²) in [4.78, 5) is 21.8. The fraction of sp³-hybridized carbons (Fsp3) is 0.188. The number of nitrogens with zero attached hydrogens (tertiary/aromatic N) is 4. The first-order valence-corrected chi connectivity index (χ1v) is 13.3. The van der Waals surface area contributed by atoms with E-state index in [-0.39, 0.29) is 17.9 Å². The standard InChI is InChI=1S/C32H32N6O4/c1-40-25-11-8-20(9-12-25)16-27-26-7-5-4-6-23(26)19-36-38(27)29(39)13-10-22-14-21(17-28(41-2)30(22)42-3)15-24-18-35-32(34)37-31(24)33/h4-14,17-19,27H,15-16H2,1-3H3,(H4,33,34,35,37)/b13-10+. The third-order valence-electron chi connectivity index (χ3n) is 7.07. The molecule has 1 aliphatic heterocycles. The van der Waals surface area contributed by atoms with Gasteiger partial charge in [-0.15, -0.1) is 0 Å². The second-order valence-corrected chi connectivity index (χ2v) is 9.69. The van der Waals surface area contributed by atoms with Crippen molar-refractivity contribution >= 4 is 30.0 Å². The molecule has 0 bridgehead atoms. The summed E-state index contributed by atoms with van der Waals surface area (Å²) in [7, 11) is 4.75. The van der Waals surface area contributed by atoms with Gasteiger partial charge < -0.3 is 25.7 Å². The van der Waals surface area contributed by atoms with Gasteiger partial charge in [0.1, 0.15) is 11.6 Å². The molecule has 0 radical (unpaired) electrons. The lowest BCUT2D eigenvalue weighted by molar-refractivity contribution is -0.128. The van der Waals surface area contributed by atoms with Crippen molar-refractivity contribution in [3.8, 4) is 17.2 Å². The SMILES string of the molecule is COc1ccc(CC2c3ccccc3C=NN2C(=O)/C=C/c2cc(Cc3cnc(N)nc3N)cc(OC)c2OC)cc1. The van der Waals surface area contributed by atoms with Gasteiger partial charge in [-0.2, -0.15) is 10.1 Å². The van der Waals surface area contributed by atoms with E-state index in [9.17, 15) is 4.79 Å². The molecule has 1 aromatic heterocycles. The van der Waals surface area contributed by atoms with Gasteiger partial charge in [-0.3, -0.25) is 4.79 Å². The molecule has 0 spiro atoms. The van der Waals surface area contributed by atoms with Crippen LogP contribution in [0.2, 0.25) is 0 Å². The molecule has 4 aromatic rings. The molecular weight excluding hydrogens is 532 g/mol. The number of fused-ring (bicyclic) bond motifs is 1. The lowest BCUT2D eigenvalue weighted by Crippen LogP contribution is -2.33. The van der Waals surface area contributed by atoms with Gasteiger partial charge in [0.05, 0.1) is 33.6 Å². The van der Waals surface area contributed by atoms with Gasteiger partial charge in [0, 0.05) is 29.8 Å². The van der Waals surface area contributed by atoms with Crippen molar-refractivity contribution in [2.45, 2.75) is 18.9 Å². The fourth-order valence-electron chi connectivity index (χ4n) is 4.97. The minimum atomic E-state index is -0.298. The Labute approximate surface area is 244 Å². The molecule has 5 rings (SSSR count). The molecule has 0 aliphatic carbocycles. The van der Waals surface area contributed by atoms with Crippen molar-refractivity contribution in [3.05, 3.63) is 106 Å². The zero-order chi connectivity index (χ0) is 29.6. The van der Waals surface area contributed by atoms with Crippen LogP contribution < -0.4 is 25.7 Å². The van der Waals surface area contributed by atoms with Gasteiger partial charge in [-0.25, -0.2) is 9.99 Å². The maximum atomic E-state index is 13.7. The summed E-state index contributed by atoms with van der Waals surface area (Å²) < 4.78 is 16.5. The smallest absolute Gasteiger partial charge is 0.267 e. The summed E-state index contributed by atoms with van der Waals surface area (Å²) in [6, 6.07) is 19.2. The van der Waals surface area contributed by atoms with Crippen LogP contribution in [0.3, 0.4) is 0 Å². The molecule has 0 saturated carbocycles. The molecule has 1 atom stereocenters. The molecule has 4 N–H and O–H groups in total. The molecule has 1 amide bonds. The molecule has 1 unspecified atom stereocenters. The highest BCUT2D eigenvalue weighted by Gasteiger charge is 2.28. The van der Waals surface area contributed by atoms with Crippen molar-refractivity contribution in [2.24, 2.45) is 5.10 Å². The van der Waals surface area contributed by atoms with Crippen LogP contribution in [0, 0.1) is 0 Å². The molecule has 10 nitrogen and oxygen atoms in total. The van der Waals surface area contributed by atoms with E-state index in [0.717, 1.165) is 28.0 Å². The number of carbonyl (C=O) groups excluding carboxylic acids is 1. The minimum Gasteiger partial charge on any atom is -0.497 e. The number of amides is 1. The molecule has 10 heteroatoms. The number of rotatable bonds is 9. The summed E-state index contributed by atoms with van der Waals surface area (Å²) >= 11 is 0. The van der Waals surface area contributed by atoms with Gasteiger partial charge in [-0.05, 0) is 59.0 Å². The fourth-order valence-corrected chi connectivity index (χ4v) is 4.97. The van der Waals surface area contributed by atoms with E-state index in [1.54, 1.807) is 39.8 Å². The lowest BCUT2D eigenvalue weighted by Gasteiger charge is -2.31. The second kappa shape index (κ2) is 12.4. The summed E-state index contributed by atoms with van der Waals surface area (Å²) in [6.07, 6.45) is 7.52. The number of hydrogen-bond acceptors (Lipinski definition) is 9. The van der Waals surface area contributed by atoms with Crippen molar-refractivity contribution in [3.63, 3.8) is 0 Å². The van der Waals surface area contributed by atoms with Crippen molar-refractivity contribution in [1.82, 2.24) is 15.0 Å². The van der Waals surface area contributed by atoms with Crippen LogP contribution in [0.15, 0.2) is 78.0 Å². The van der Waals surface area contributed by atoms with Gasteiger partial charge in [0.2, 0.25) is 5.95 Å². The monoisotopic (exact) mass is 564 g/mol. The first-order chi connectivity index (χ1) is 20.4. The van der Waals surface area contributed by atoms with E-state index in [1.165, 1.54) is 11.1 Å². The van der Waals surface area contributed by atoms with E-state index in [0.29, 0.717) is 41.3 Å². The Kier molecular flexibility index (Phi) is 8.33. The molecule has 3 aromatic carbocycles. The molecule has 42 heavy (non-hydrogen) atoms. The number of methoxy groups -OCH3 is 3. The topological polar surface area (TPSA) is 138 Å². The predicted octanol–water partition coefficient (Wildman–Crippen LogP) is 4.43. The Morgan fingerprint density at radius 1 is 0.976 bits per heavy atom. The van der Waals surface area contributed by atoms with Gasteiger partial charge >= 0.3 is 0 Å². The molecular formula is C32H32N6O4. The minimum absolute atomic E-state index is 0.110. The largest absolute Gasteiger partial charge is 0.497 e. The number of hydrazone groups is 1. The second-order valence-electron chi connectivity index (χ2n) is 9.69. The van der Waals surface area contributed by atoms with Crippen molar-refractivity contribution in [1.29, 1.82) is 0 Å². The first kappa shape index (κ1) is 28.2. The van der Waals surface area contributed by atoms with Crippen LogP contribution >= 0.6 is 0 Å². The van der Waals surface area contributed by atoms with Crippen LogP contribution in [-0.2, 0) is 17.6 Å². The summed E-state index contributed by atoms with van der Waals surface area (Å²) in [5, 5.41) is 6.07. The van der Waals surface area contributed by atoms with Crippen LogP contribution in [0.4, 0.5) is 11.8 Å². The number of anilines is 2. The van der Waals surface area contributed by atoms with E-state index >= 15 is 0 Å². The lowest BCUT2D eigenvalue weighted by atomic mass is 9.93. The van der Waals surface area contributed by atoms with E-state index < -0.39 is 0 Å². The Bertz CT molecular complexity index is 1650. The highest BCUT2D eigenvalue weighted by molar-refractivity contribution is 5.95. The number of hydrogen-bond donors (Lipinski definition) is 2. The first-order valence-electron chi connectivity index (χ1n) is 13.3. The van der Waals surface area contributed by atoms with Crippen molar-refractivity contribution < 1.29 is 19.0 Å². The number of aromatic nitrogens is 2. The van der Waals surface area contributed by atoms with Crippen LogP contribution in [0.5, 0.6) is 17.2 Å². The Morgan fingerprint density at radius 3 is 2.48 bits per heavy atom. The predicted molar refractivity (Wildman–Crippen MR) is 163 cm³/mol. The number of nitrogens with two attached hydrogens (primary N) is 2. The van der Waals surface area contributed by atoms with E-state index in [4.69, 9.17) is 25.7 Å². The van der Waals surface area contributed by atoms with E-state index in [1.807, 2.05) is 60.7 Å². The van der Waals surface area contributed by atoms with Gasteiger partial charge in [0.25, 0.3) is 5.91 Å². The maximum absolute atomic E-state index is 13.7. The zero-order valence-corrected chi connectivity index (χ0v) is 23.7. The normalized spacial score (nSPS) is 14.1. The average Bonchev–Trinajstić information content (AvgIpc) is 3.01. The average molecular weight is 565 g/mol. The van der Waals surface area contributed by atoms with Gasteiger partial charge in [-0.1, -0.05) is 36.4 Å². The number of benzene rings is 3. The summed E-state index contributed by atoms with van der Waals surface area (Å²) in [5.74, 6) is 1.92.